The van der Waals surface area contributed by atoms with Crippen molar-refractivity contribution >= 4 is 17.4 Å². The molecule has 17 heavy (non-hydrogen) atoms. The number of rotatable bonds is 4. The van der Waals surface area contributed by atoms with Gasteiger partial charge in [-0.2, -0.15) is 0 Å². The van der Waals surface area contributed by atoms with Gasteiger partial charge >= 0.3 is 0 Å². The van der Waals surface area contributed by atoms with Crippen molar-refractivity contribution in [2.75, 3.05) is 6.54 Å². The van der Waals surface area contributed by atoms with Crippen molar-refractivity contribution in [1.82, 2.24) is 0 Å². The summed E-state index contributed by atoms with van der Waals surface area (Å²) in [6.45, 7) is 0.479. The lowest BCUT2D eigenvalue weighted by Crippen LogP contribution is -2.37. The number of Topliss-reactive ketones (excluding diaryl/α,β-unsaturated/α-hetero) is 1. The highest BCUT2D eigenvalue weighted by atomic mass is 35.5. The largest absolute Gasteiger partial charge is 0.329 e. The molecule has 0 atom stereocenters. The van der Waals surface area contributed by atoms with E-state index in [2.05, 4.69) is 0 Å². The Balaban J connectivity index is 2.10. The van der Waals surface area contributed by atoms with Crippen LogP contribution in [0.25, 0.3) is 0 Å². The van der Waals surface area contributed by atoms with Gasteiger partial charge in [0.25, 0.3) is 0 Å². The van der Waals surface area contributed by atoms with E-state index in [4.69, 9.17) is 17.3 Å². The third kappa shape index (κ3) is 2.70. The van der Waals surface area contributed by atoms with E-state index in [9.17, 15) is 4.79 Å². The fraction of sp³-hybridized carbons (Fsp3) is 0.500. The van der Waals surface area contributed by atoms with Gasteiger partial charge in [-0.3, -0.25) is 4.79 Å². The Morgan fingerprint density at radius 1 is 1.35 bits per heavy atom. The molecule has 0 saturated heterocycles. The van der Waals surface area contributed by atoms with Gasteiger partial charge in [0.05, 0.1) is 0 Å². The standard InChI is InChI=1S/C14H18ClNO/c15-12-5-3-4-11(8-12)9-13(17)14(10-16)6-1-2-7-14/h3-5,8H,1-2,6-7,9-10,16H2. The first kappa shape index (κ1) is 12.6. The zero-order valence-corrected chi connectivity index (χ0v) is 10.7. The summed E-state index contributed by atoms with van der Waals surface area (Å²) in [5.74, 6) is 0.278. The van der Waals surface area contributed by atoms with Crippen LogP contribution >= 0.6 is 11.6 Å². The molecule has 92 valence electrons. The summed E-state index contributed by atoms with van der Waals surface area (Å²) >= 11 is 5.92. The highest BCUT2D eigenvalue weighted by molar-refractivity contribution is 6.30. The van der Waals surface area contributed by atoms with Crippen LogP contribution in [-0.2, 0) is 11.2 Å². The molecule has 0 aliphatic heterocycles. The predicted molar refractivity (Wildman–Crippen MR) is 70.1 cm³/mol. The first-order valence-corrected chi connectivity index (χ1v) is 6.52. The van der Waals surface area contributed by atoms with Crippen molar-refractivity contribution in [1.29, 1.82) is 0 Å². The number of carbonyl (C=O) groups excluding carboxylic acids is 1. The van der Waals surface area contributed by atoms with Crippen LogP contribution in [0.3, 0.4) is 0 Å². The lowest BCUT2D eigenvalue weighted by molar-refractivity contribution is -0.127. The third-order valence-electron chi connectivity index (χ3n) is 3.80. The lowest BCUT2D eigenvalue weighted by Gasteiger charge is -2.25. The summed E-state index contributed by atoms with van der Waals surface area (Å²) in [4.78, 5) is 12.4. The maximum absolute atomic E-state index is 12.4. The molecule has 0 heterocycles. The van der Waals surface area contributed by atoms with Crippen LogP contribution < -0.4 is 5.73 Å². The lowest BCUT2D eigenvalue weighted by atomic mass is 9.79. The monoisotopic (exact) mass is 251 g/mol. The molecule has 2 nitrogen and oxygen atoms in total. The highest BCUT2D eigenvalue weighted by Gasteiger charge is 2.38. The van der Waals surface area contributed by atoms with Gasteiger partial charge in [-0.25, -0.2) is 0 Å². The van der Waals surface area contributed by atoms with Gasteiger partial charge in [0.15, 0.2) is 0 Å². The van der Waals surface area contributed by atoms with E-state index >= 15 is 0 Å². The number of ketones is 1. The van der Waals surface area contributed by atoms with Gasteiger partial charge in [-0.05, 0) is 30.5 Å². The molecule has 0 bridgehead atoms. The predicted octanol–water partition coefficient (Wildman–Crippen LogP) is 2.97. The Bertz CT molecular complexity index is 410. The van der Waals surface area contributed by atoms with Gasteiger partial charge < -0.3 is 5.73 Å². The minimum absolute atomic E-state index is 0.262. The van der Waals surface area contributed by atoms with Crippen LogP contribution in [-0.4, -0.2) is 12.3 Å². The molecular formula is C14H18ClNO. The summed E-state index contributed by atoms with van der Waals surface area (Å²) in [7, 11) is 0. The molecule has 0 amide bonds. The minimum Gasteiger partial charge on any atom is -0.329 e. The maximum atomic E-state index is 12.4. The Kier molecular flexibility index (Phi) is 3.85. The molecule has 0 unspecified atom stereocenters. The first-order chi connectivity index (χ1) is 8.16. The van der Waals surface area contributed by atoms with E-state index in [0.717, 1.165) is 31.2 Å². The molecule has 0 spiro atoms. The molecule has 0 radical (unpaired) electrons. The molecule has 2 N–H and O–H groups in total. The topological polar surface area (TPSA) is 43.1 Å². The molecule has 3 heteroatoms. The Morgan fingerprint density at radius 3 is 2.65 bits per heavy atom. The number of benzene rings is 1. The smallest absolute Gasteiger partial charge is 0.144 e. The fourth-order valence-electron chi connectivity index (χ4n) is 2.67. The molecule has 1 aromatic carbocycles. The average molecular weight is 252 g/mol. The SMILES string of the molecule is NCC1(C(=O)Cc2cccc(Cl)c2)CCCC1. The zero-order valence-electron chi connectivity index (χ0n) is 9.92. The van der Waals surface area contributed by atoms with E-state index in [1.807, 2.05) is 24.3 Å². The van der Waals surface area contributed by atoms with Crippen LogP contribution in [0.2, 0.25) is 5.02 Å². The fourth-order valence-corrected chi connectivity index (χ4v) is 2.88. The summed E-state index contributed by atoms with van der Waals surface area (Å²) in [6, 6.07) is 7.51. The van der Waals surface area contributed by atoms with Crippen molar-refractivity contribution in [2.45, 2.75) is 32.1 Å². The van der Waals surface area contributed by atoms with Gasteiger partial charge in [0.1, 0.15) is 5.78 Å². The second kappa shape index (κ2) is 5.19. The van der Waals surface area contributed by atoms with Gasteiger partial charge in [-0.1, -0.05) is 36.6 Å². The van der Waals surface area contributed by atoms with Crippen molar-refractivity contribution in [3.63, 3.8) is 0 Å². The summed E-state index contributed by atoms with van der Waals surface area (Å²) < 4.78 is 0. The molecule has 1 aromatic rings. The van der Waals surface area contributed by atoms with Crippen LogP contribution in [0.4, 0.5) is 0 Å². The molecule has 1 aliphatic carbocycles. The summed E-state index contributed by atoms with van der Waals surface area (Å²) in [5, 5.41) is 0.684. The quantitative estimate of drug-likeness (QED) is 0.894. The van der Waals surface area contributed by atoms with Crippen LogP contribution in [0.15, 0.2) is 24.3 Å². The minimum atomic E-state index is -0.262. The molecule has 1 fully saturated rings. The van der Waals surface area contributed by atoms with E-state index in [1.165, 1.54) is 0 Å². The van der Waals surface area contributed by atoms with Crippen molar-refractivity contribution < 1.29 is 4.79 Å². The second-order valence-corrected chi connectivity index (χ2v) is 5.36. The molecule has 1 saturated carbocycles. The number of halogens is 1. The van der Waals surface area contributed by atoms with Gasteiger partial charge in [0.2, 0.25) is 0 Å². The normalized spacial score (nSPS) is 18.2. The van der Waals surface area contributed by atoms with Crippen LogP contribution in [0.1, 0.15) is 31.2 Å². The number of hydrogen-bond donors (Lipinski definition) is 1. The molecule has 0 aromatic heterocycles. The summed E-state index contributed by atoms with van der Waals surface area (Å²) in [6.07, 6.45) is 4.60. The van der Waals surface area contributed by atoms with Crippen molar-refractivity contribution in [3.05, 3.63) is 34.9 Å². The first-order valence-electron chi connectivity index (χ1n) is 6.14. The molecule has 1 aliphatic rings. The Hall–Kier alpha value is -0.860. The summed E-state index contributed by atoms with van der Waals surface area (Å²) in [5.41, 5.74) is 6.53. The average Bonchev–Trinajstić information content (AvgIpc) is 2.78. The molecular weight excluding hydrogens is 234 g/mol. The highest BCUT2D eigenvalue weighted by Crippen LogP contribution is 2.38. The van der Waals surface area contributed by atoms with E-state index in [0.29, 0.717) is 18.0 Å². The third-order valence-corrected chi connectivity index (χ3v) is 4.03. The van der Waals surface area contributed by atoms with Crippen molar-refractivity contribution in [3.8, 4) is 0 Å². The maximum Gasteiger partial charge on any atom is 0.144 e. The van der Waals surface area contributed by atoms with Crippen LogP contribution in [0.5, 0.6) is 0 Å². The number of hydrogen-bond acceptors (Lipinski definition) is 2. The van der Waals surface area contributed by atoms with Gasteiger partial charge in [-0.15, -0.1) is 0 Å². The van der Waals surface area contributed by atoms with Crippen LogP contribution in [0, 0.1) is 5.41 Å². The Labute approximate surface area is 107 Å². The van der Waals surface area contributed by atoms with E-state index in [-0.39, 0.29) is 11.2 Å². The Morgan fingerprint density at radius 2 is 2.06 bits per heavy atom. The zero-order chi connectivity index (χ0) is 12.3. The number of carbonyl (C=O) groups is 1. The number of nitrogens with two attached hydrogens (primary N) is 1. The van der Waals surface area contributed by atoms with Crippen molar-refractivity contribution in [2.24, 2.45) is 11.1 Å². The van der Waals surface area contributed by atoms with E-state index < -0.39 is 0 Å². The van der Waals surface area contributed by atoms with E-state index in [1.54, 1.807) is 0 Å². The molecule has 2 rings (SSSR count). The van der Waals surface area contributed by atoms with Gasteiger partial charge in [0, 0.05) is 23.4 Å². The second-order valence-electron chi connectivity index (χ2n) is 4.92.